The van der Waals surface area contributed by atoms with Crippen molar-refractivity contribution in [3.8, 4) is 11.1 Å². The third-order valence-corrected chi connectivity index (χ3v) is 11.5. The molecule has 2 N–H and O–H groups in total. The van der Waals surface area contributed by atoms with Gasteiger partial charge in [0, 0.05) is 43.9 Å². The zero-order valence-electron chi connectivity index (χ0n) is 28.9. The van der Waals surface area contributed by atoms with Crippen LogP contribution >= 0.6 is 11.8 Å². The number of anilines is 4. The number of nitrogen functional groups attached to an aromatic ring is 1. The Kier molecular flexibility index (Phi) is 7.63. The van der Waals surface area contributed by atoms with E-state index in [1.807, 2.05) is 12.1 Å². The third kappa shape index (κ3) is 5.56. The standard InChI is InChI=1S/C49H34N2OS/c50-48-42-26-25-39(51(38-24-21-34-12-4-5-13-36(34)29-38)37-22-19-35(20-23-37)33-10-2-1-3-11-33)30-44(42)40-14-6-7-16-43(40)49(48)53-31-32-18-27-47-45(28-32)41-15-8-9-17-46(41)52-47/h1-30H,31,50H2. The monoisotopic (exact) mass is 698 g/mol. The highest BCUT2D eigenvalue weighted by atomic mass is 32.2. The largest absolute Gasteiger partial charge is 0.456 e. The molecule has 0 aliphatic heterocycles. The Bertz CT molecular complexity index is 2970. The first-order chi connectivity index (χ1) is 26.2. The van der Waals surface area contributed by atoms with Crippen LogP contribution in [-0.4, -0.2) is 0 Å². The van der Waals surface area contributed by atoms with Crippen molar-refractivity contribution in [2.75, 3.05) is 10.6 Å². The van der Waals surface area contributed by atoms with Gasteiger partial charge >= 0.3 is 0 Å². The Morgan fingerprint density at radius 1 is 0.434 bits per heavy atom. The van der Waals surface area contributed by atoms with Gasteiger partial charge in [-0.3, -0.25) is 0 Å². The lowest BCUT2D eigenvalue weighted by Gasteiger charge is -2.27. The maximum Gasteiger partial charge on any atom is 0.135 e. The number of nitrogens with zero attached hydrogens (tertiary/aromatic N) is 1. The summed E-state index contributed by atoms with van der Waals surface area (Å²) in [6.07, 6.45) is 0. The van der Waals surface area contributed by atoms with Gasteiger partial charge in [-0.05, 0) is 98.2 Å². The zero-order chi connectivity index (χ0) is 35.3. The summed E-state index contributed by atoms with van der Waals surface area (Å²) in [5.74, 6) is 0.794. The lowest BCUT2D eigenvalue weighted by molar-refractivity contribution is 0.669. The average Bonchev–Trinajstić information content (AvgIpc) is 3.59. The number of para-hydroxylation sites is 1. The van der Waals surface area contributed by atoms with Crippen LogP contribution in [-0.2, 0) is 5.75 Å². The highest BCUT2D eigenvalue weighted by Gasteiger charge is 2.18. The van der Waals surface area contributed by atoms with E-state index in [9.17, 15) is 0 Å². The Balaban J connectivity index is 1.07. The molecular formula is C49H34N2OS. The molecule has 10 aromatic rings. The second-order valence-electron chi connectivity index (χ2n) is 13.5. The van der Waals surface area contributed by atoms with Crippen LogP contribution in [0.15, 0.2) is 191 Å². The number of thioether (sulfide) groups is 1. The number of nitrogens with two attached hydrogens (primary N) is 1. The van der Waals surface area contributed by atoms with Crippen molar-refractivity contribution in [1.82, 2.24) is 0 Å². The van der Waals surface area contributed by atoms with Crippen molar-refractivity contribution >= 4 is 88.8 Å². The lowest BCUT2D eigenvalue weighted by atomic mass is 9.99. The molecule has 0 unspecified atom stereocenters. The van der Waals surface area contributed by atoms with Gasteiger partial charge < -0.3 is 15.1 Å². The van der Waals surface area contributed by atoms with Crippen LogP contribution in [0.4, 0.5) is 22.7 Å². The maximum atomic E-state index is 7.13. The van der Waals surface area contributed by atoms with Gasteiger partial charge in [-0.15, -0.1) is 11.8 Å². The fraction of sp³-hybridized carbons (Fsp3) is 0.0204. The molecule has 0 aliphatic carbocycles. The van der Waals surface area contributed by atoms with Gasteiger partial charge in [-0.2, -0.15) is 0 Å². The van der Waals surface area contributed by atoms with Gasteiger partial charge in [-0.25, -0.2) is 0 Å². The van der Waals surface area contributed by atoms with Gasteiger partial charge in [-0.1, -0.05) is 127 Å². The maximum absolute atomic E-state index is 7.13. The summed E-state index contributed by atoms with van der Waals surface area (Å²) in [5.41, 5.74) is 16.7. The van der Waals surface area contributed by atoms with Gasteiger partial charge in [0.05, 0.1) is 5.69 Å². The van der Waals surface area contributed by atoms with E-state index < -0.39 is 0 Å². The number of benzene rings is 9. The molecule has 252 valence electrons. The van der Waals surface area contributed by atoms with E-state index in [1.165, 1.54) is 38.2 Å². The van der Waals surface area contributed by atoms with Crippen molar-refractivity contribution in [3.05, 3.63) is 188 Å². The lowest BCUT2D eigenvalue weighted by Crippen LogP contribution is -2.10. The summed E-state index contributed by atoms with van der Waals surface area (Å²) >= 11 is 1.80. The van der Waals surface area contributed by atoms with Crippen LogP contribution in [0, 0.1) is 0 Å². The second kappa shape index (κ2) is 12.9. The summed E-state index contributed by atoms with van der Waals surface area (Å²) in [6, 6.07) is 64.8. The van der Waals surface area contributed by atoms with Crippen LogP contribution in [0.1, 0.15) is 5.56 Å². The smallest absolute Gasteiger partial charge is 0.135 e. The predicted octanol–water partition coefficient (Wildman–Crippen LogP) is 14.1. The molecule has 0 amide bonds. The summed E-state index contributed by atoms with van der Waals surface area (Å²) in [4.78, 5) is 3.46. The van der Waals surface area contributed by atoms with E-state index in [2.05, 4.69) is 175 Å². The molecule has 53 heavy (non-hydrogen) atoms. The Morgan fingerprint density at radius 3 is 1.92 bits per heavy atom. The van der Waals surface area contributed by atoms with Crippen molar-refractivity contribution in [2.24, 2.45) is 0 Å². The first-order valence-electron chi connectivity index (χ1n) is 17.9. The van der Waals surface area contributed by atoms with E-state index in [-0.39, 0.29) is 0 Å². The highest BCUT2D eigenvalue weighted by Crippen LogP contribution is 2.45. The first-order valence-corrected chi connectivity index (χ1v) is 18.9. The van der Waals surface area contributed by atoms with E-state index in [0.717, 1.165) is 66.1 Å². The number of hydrogen-bond donors (Lipinski definition) is 1. The van der Waals surface area contributed by atoms with Crippen LogP contribution in [0.2, 0.25) is 0 Å². The van der Waals surface area contributed by atoms with Crippen LogP contribution in [0.5, 0.6) is 0 Å². The molecule has 3 nitrogen and oxygen atoms in total. The van der Waals surface area contributed by atoms with E-state index in [4.69, 9.17) is 10.2 Å². The van der Waals surface area contributed by atoms with Crippen molar-refractivity contribution in [2.45, 2.75) is 10.6 Å². The van der Waals surface area contributed by atoms with Crippen molar-refractivity contribution < 1.29 is 4.42 Å². The average molecular weight is 699 g/mol. The molecule has 1 heterocycles. The second-order valence-corrected chi connectivity index (χ2v) is 14.5. The Labute approximate surface area is 311 Å². The van der Waals surface area contributed by atoms with Crippen molar-refractivity contribution in [1.29, 1.82) is 0 Å². The summed E-state index contributed by atoms with van der Waals surface area (Å²) in [7, 11) is 0. The third-order valence-electron chi connectivity index (χ3n) is 10.3. The SMILES string of the molecule is Nc1c(SCc2ccc3oc4ccccc4c3c2)c2ccccc2c2cc(N(c3ccc(-c4ccccc4)cc3)c3ccc4ccccc4c3)ccc12. The molecule has 0 atom stereocenters. The van der Waals surface area contributed by atoms with Gasteiger partial charge in [0.2, 0.25) is 0 Å². The number of hydrogen-bond acceptors (Lipinski definition) is 4. The topological polar surface area (TPSA) is 42.4 Å². The highest BCUT2D eigenvalue weighted by molar-refractivity contribution is 7.99. The van der Waals surface area contributed by atoms with Gasteiger partial charge in [0.25, 0.3) is 0 Å². The van der Waals surface area contributed by atoms with E-state index >= 15 is 0 Å². The molecule has 4 heteroatoms. The number of rotatable bonds is 7. The van der Waals surface area contributed by atoms with E-state index in [1.54, 1.807) is 11.8 Å². The minimum atomic E-state index is 0.794. The summed E-state index contributed by atoms with van der Waals surface area (Å²) in [5, 5.41) is 9.26. The van der Waals surface area contributed by atoms with E-state index in [0.29, 0.717) is 0 Å². The number of fused-ring (bicyclic) bond motifs is 7. The minimum Gasteiger partial charge on any atom is -0.456 e. The Morgan fingerprint density at radius 2 is 1.08 bits per heavy atom. The van der Waals surface area contributed by atoms with Crippen LogP contribution in [0.3, 0.4) is 0 Å². The first kappa shape index (κ1) is 31.3. The molecule has 0 radical (unpaired) electrons. The summed E-state index contributed by atoms with van der Waals surface area (Å²) < 4.78 is 6.09. The molecule has 0 bridgehead atoms. The molecule has 10 rings (SSSR count). The molecule has 0 saturated heterocycles. The zero-order valence-corrected chi connectivity index (χ0v) is 29.7. The van der Waals surface area contributed by atoms with Crippen LogP contribution < -0.4 is 10.6 Å². The summed E-state index contributed by atoms with van der Waals surface area (Å²) in [6.45, 7) is 0. The van der Waals surface area contributed by atoms with Gasteiger partial charge in [0.1, 0.15) is 11.2 Å². The molecule has 0 fully saturated rings. The Hall–Kier alpha value is -6.49. The molecular weight excluding hydrogens is 665 g/mol. The van der Waals surface area contributed by atoms with Crippen molar-refractivity contribution in [3.63, 3.8) is 0 Å². The minimum absolute atomic E-state index is 0.794. The normalized spacial score (nSPS) is 11.6. The van der Waals surface area contributed by atoms with Gasteiger partial charge in [0.15, 0.2) is 0 Å². The molecule has 0 spiro atoms. The molecule has 0 aliphatic rings. The fourth-order valence-electron chi connectivity index (χ4n) is 7.68. The number of furan rings is 1. The quantitative estimate of drug-likeness (QED) is 0.102. The molecule has 0 saturated carbocycles. The predicted molar refractivity (Wildman–Crippen MR) is 227 cm³/mol. The van der Waals surface area contributed by atoms with Crippen LogP contribution in [0.25, 0.3) is 65.4 Å². The molecule has 1 aromatic heterocycles. The molecule has 9 aromatic carbocycles. The fourth-order valence-corrected chi connectivity index (χ4v) is 8.77.